The van der Waals surface area contributed by atoms with Crippen molar-refractivity contribution in [2.45, 2.75) is 37.5 Å². The number of carbonyl (C=O) groups is 1. The highest BCUT2D eigenvalue weighted by Crippen LogP contribution is 2.25. The molecule has 1 saturated heterocycles. The molecule has 0 aromatic carbocycles. The first-order valence-electron chi connectivity index (χ1n) is 5.53. The second kappa shape index (κ2) is 6.95. The number of carbonyl (C=O) groups excluding carboxylic acids is 1. The molecule has 1 heterocycles. The summed E-state index contributed by atoms with van der Waals surface area (Å²) in [5.74, 6) is 1.21. The molecule has 15 heavy (non-hydrogen) atoms. The molecule has 2 amide bonds. The van der Waals surface area contributed by atoms with Crippen molar-refractivity contribution < 1.29 is 9.90 Å². The fourth-order valence-electron chi connectivity index (χ4n) is 1.53. The second-order valence-electron chi connectivity index (χ2n) is 3.78. The van der Waals surface area contributed by atoms with E-state index in [-0.39, 0.29) is 18.7 Å². The molecule has 0 aromatic heterocycles. The maximum Gasteiger partial charge on any atom is 0.315 e. The number of rotatable bonds is 5. The number of nitrogens with one attached hydrogen (secondary N) is 2. The predicted molar refractivity (Wildman–Crippen MR) is 63.2 cm³/mol. The van der Waals surface area contributed by atoms with Crippen molar-refractivity contribution >= 4 is 17.8 Å². The van der Waals surface area contributed by atoms with E-state index in [1.54, 1.807) is 0 Å². The number of hydrogen-bond donors (Lipinski definition) is 3. The van der Waals surface area contributed by atoms with Crippen molar-refractivity contribution in [3.8, 4) is 0 Å². The van der Waals surface area contributed by atoms with Crippen LogP contribution in [-0.2, 0) is 0 Å². The number of aliphatic hydroxyl groups is 1. The lowest BCUT2D eigenvalue weighted by Crippen LogP contribution is -2.45. The van der Waals surface area contributed by atoms with Crippen molar-refractivity contribution in [3.05, 3.63) is 0 Å². The molecule has 2 atom stereocenters. The lowest BCUT2D eigenvalue weighted by molar-refractivity contribution is 0.214. The highest BCUT2D eigenvalue weighted by Gasteiger charge is 2.16. The Hall–Kier alpha value is -0.420. The summed E-state index contributed by atoms with van der Waals surface area (Å²) in [4.78, 5) is 11.4. The minimum atomic E-state index is -0.164. The van der Waals surface area contributed by atoms with Crippen molar-refractivity contribution in [1.82, 2.24) is 10.6 Å². The maximum absolute atomic E-state index is 11.4. The molecule has 3 N–H and O–H groups in total. The lowest BCUT2D eigenvalue weighted by atomic mass is 10.2. The Balaban J connectivity index is 2.11. The lowest BCUT2D eigenvalue weighted by Gasteiger charge is -2.16. The Morgan fingerprint density at radius 1 is 1.67 bits per heavy atom. The van der Waals surface area contributed by atoms with E-state index < -0.39 is 0 Å². The van der Waals surface area contributed by atoms with Gasteiger partial charge in [0.05, 0.1) is 12.6 Å². The number of thioether (sulfide) groups is 1. The Morgan fingerprint density at radius 3 is 3.00 bits per heavy atom. The minimum absolute atomic E-state index is 0.00208. The molecule has 0 spiro atoms. The van der Waals surface area contributed by atoms with Crippen LogP contribution in [0.25, 0.3) is 0 Å². The van der Waals surface area contributed by atoms with E-state index in [0.29, 0.717) is 5.25 Å². The molecule has 0 bridgehead atoms. The van der Waals surface area contributed by atoms with E-state index in [1.807, 2.05) is 18.7 Å². The van der Waals surface area contributed by atoms with Gasteiger partial charge in [-0.15, -0.1) is 0 Å². The zero-order valence-corrected chi connectivity index (χ0v) is 9.98. The summed E-state index contributed by atoms with van der Waals surface area (Å²) >= 11 is 1.92. The largest absolute Gasteiger partial charge is 0.394 e. The minimum Gasteiger partial charge on any atom is -0.394 e. The van der Waals surface area contributed by atoms with Crippen molar-refractivity contribution in [2.75, 3.05) is 18.9 Å². The van der Waals surface area contributed by atoms with E-state index in [1.165, 1.54) is 18.6 Å². The van der Waals surface area contributed by atoms with Gasteiger partial charge >= 0.3 is 6.03 Å². The normalized spacial score (nSPS) is 22.4. The van der Waals surface area contributed by atoms with E-state index >= 15 is 0 Å². The third-order valence-electron chi connectivity index (χ3n) is 2.56. The summed E-state index contributed by atoms with van der Waals surface area (Å²) in [6.07, 6.45) is 3.21. The molecule has 2 unspecified atom stereocenters. The first-order chi connectivity index (χ1) is 7.26. The fourth-order valence-corrected chi connectivity index (χ4v) is 2.73. The Morgan fingerprint density at radius 2 is 2.47 bits per heavy atom. The van der Waals surface area contributed by atoms with Crippen molar-refractivity contribution in [2.24, 2.45) is 0 Å². The predicted octanol–water partition coefficient (Wildman–Crippen LogP) is 0.952. The highest BCUT2D eigenvalue weighted by atomic mass is 32.2. The first kappa shape index (κ1) is 12.6. The fraction of sp³-hybridized carbons (Fsp3) is 0.900. The van der Waals surface area contributed by atoms with Gasteiger partial charge in [0.25, 0.3) is 0 Å². The van der Waals surface area contributed by atoms with Crippen LogP contribution in [0.3, 0.4) is 0 Å². The average Bonchev–Trinajstić information content (AvgIpc) is 2.75. The van der Waals surface area contributed by atoms with Crippen LogP contribution < -0.4 is 10.6 Å². The van der Waals surface area contributed by atoms with Crippen molar-refractivity contribution in [1.29, 1.82) is 0 Å². The van der Waals surface area contributed by atoms with Gasteiger partial charge in [-0.25, -0.2) is 4.79 Å². The summed E-state index contributed by atoms with van der Waals surface area (Å²) in [6.45, 7) is 2.68. The molecule has 5 heteroatoms. The zero-order valence-electron chi connectivity index (χ0n) is 9.16. The maximum atomic E-state index is 11.4. The van der Waals surface area contributed by atoms with Crippen LogP contribution in [0.5, 0.6) is 0 Å². The van der Waals surface area contributed by atoms with E-state index in [2.05, 4.69) is 10.6 Å². The van der Waals surface area contributed by atoms with Crippen LogP contribution in [-0.4, -0.2) is 41.3 Å². The van der Waals surface area contributed by atoms with Gasteiger partial charge in [0.1, 0.15) is 0 Å². The summed E-state index contributed by atoms with van der Waals surface area (Å²) in [5.41, 5.74) is 0. The highest BCUT2D eigenvalue weighted by molar-refractivity contribution is 8.00. The topological polar surface area (TPSA) is 61.4 Å². The van der Waals surface area contributed by atoms with Crippen molar-refractivity contribution in [3.63, 3.8) is 0 Å². The quantitative estimate of drug-likeness (QED) is 0.661. The second-order valence-corrected chi connectivity index (χ2v) is 5.19. The van der Waals surface area contributed by atoms with Gasteiger partial charge in [0.2, 0.25) is 0 Å². The van der Waals surface area contributed by atoms with Crippen LogP contribution in [0.1, 0.15) is 26.2 Å². The smallest absolute Gasteiger partial charge is 0.315 e. The number of amides is 2. The Labute approximate surface area is 95.2 Å². The molecule has 1 rings (SSSR count). The zero-order chi connectivity index (χ0) is 11.1. The standard InChI is InChI=1S/C10H20N2O2S/c1-2-8(7-13)12-10(14)11-6-9-4-3-5-15-9/h8-9,13H,2-7H2,1H3,(H2,11,12,14). The van der Waals surface area contributed by atoms with E-state index in [4.69, 9.17) is 5.11 Å². The third-order valence-corrected chi connectivity index (χ3v) is 3.96. The molecule has 0 saturated carbocycles. The SMILES string of the molecule is CCC(CO)NC(=O)NCC1CCCS1. The number of urea groups is 1. The monoisotopic (exact) mass is 232 g/mol. The third kappa shape index (κ3) is 4.75. The molecule has 0 radical (unpaired) electrons. The van der Waals surface area contributed by atoms with Crippen LogP contribution >= 0.6 is 11.8 Å². The van der Waals surface area contributed by atoms with Gasteiger partial charge in [-0.2, -0.15) is 11.8 Å². The van der Waals surface area contributed by atoms with Gasteiger partial charge in [-0.3, -0.25) is 0 Å². The molecule has 1 aliphatic rings. The first-order valence-corrected chi connectivity index (χ1v) is 6.58. The number of hydrogen-bond acceptors (Lipinski definition) is 3. The molecular formula is C10H20N2O2S. The summed E-state index contributed by atoms with van der Waals surface area (Å²) in [6, 6.07) is -0.287. The van der Waals surface area contributed by atoms with Gasteiger partial charge in [0.15, 0.2) is 0 Å². The summed E-state index contributed by atoms with van der Waals surface area (Å²) in [5, 5.41) is 15.1. The molecule has 1 aliphatic heterocycles. The Bertz CT molecular complexity index is 192. The summed E-state index contributed by atoms with van der Waals surface area (Å²) < 4.78 is 0. The molecule has 1 fully saturated rings. The average molecular weight is 232 g/mol. The van der Waals surface area contributed by atoms with Crippen LogP contribution in [0.4, 0.5) is 4.79 Å². The van der Waals surface area contributed by atoms with Crippen LogP contribution in [0, 0.1) is 0 Å². The van der Waals surface area contributed by atoms with Crippen LogP contribution in [0.2, 0.25) is 0 Å². The van der Waals surface area contributed by atoms with E-state index in [0.717, 1.165) is 13.0 Å². The van der Waals surface area contributed by atoms with Gasteiger partial charge in [-0.05, 0) is 25.0 Å². The van der Waals surface area contributed by atoms with E-state index in [9.17, 15) is 4.79 Å². The molecule has 4 nitrogen and oxygen atoms in total. The summed E-state index contributed by atoms with van der Waals surface area (Å²) in [7, 11) is 0. The molecular weight excluding hydrogens is 212 g/mol. The molecule has 88 valence electrons. The molecule has 0 aliphatic carbocycles. The van der Waals surface area contributed by atoms with Gasteiger partial charge < -0.3 is 15.7 Å². The molecule has 0 aromatic rings. The van der Waals surface area contributed by atoms with Crippen LogP contribution in [0.15, 0.2) is 0 Å². The van der Waals surface area contributed by atoms with Gasteiger partial charge in [-0.1, -0.05) is 6.92 Å². The Kier molecular flexibility index (Phi) is 5.86. The number of aliphatic hydroxyl groups excluding tert-OH is 1. The van der Waals surface area contributed by atoms with Gasteiger partial charge in [0, 0.05) is 11.8 Å².